The molecule has 0 N–H and O–H groups in total. The van der Waals surface area contributed by atoms with Gasteiger partial charge < -0.3 is 4.79 Å². The molecule has 0 unspecified atom stereocenters. The number of hydrogen-bond donors (Lipinski definition) is 0. The van der Waals surface area contributed by atoms with E-state index in [1.54, 1.807) is 6.92 Å². The van der Waals surface area contributed by atoms with Gasteiger partial charge in [0, 0.05) is 11.3 Å². The summed E-state index contributed by atoms with van der Waals surface area (Å²) in [6.07, 6.45) is 3.06. The van der Waals surface area contributed by atoms with Crippen LogP contribution in [0, 0.1) is 6.92 Å². The van der Waals surface area contributed by atoms with Gasteiger partial charge in [-0.1, -0.05) is 38.5 Å². The van der Waals surface area contributed by atoms with Crippen LogP contribution in [-0.2, 0) is 11.2 Å². The standard InChI is InChI=1S/C12H18S.C4H8O/c1-4-8-13-12-7-6-10(3)9-11(12)5-2;1-3-4(2)5/h6-7,9H,4-5,8H2,1-3H3;3H2,1-2H3. The molecule has 0 heterocycles. The number of carbonyl (C=O) groups excluding carboxylic acids is 1. The lowest BCUT2D eigenvalue weighted by Crippen LogP contribution is -1.87. The number of carbonyl (C=O) groups is 1. The lowest BCUT2D eigenvalue weighted by molar-refractivity contribution is -0.116. The van der Waals surface area contributed by atoms with E-state index in [9.17, 15) is 4.79 Å². The second kappa shape index (κ2) is 10.2. The summed E-state index contributed by atoms with van der Waals surface area (Å²) in [6, 6.07) is 6.77. The van der Waals surface area contributed by atoms with E-state index in [4.69, 9.17) is 0 Å². The van der Waals surface area contributed by atoms with Crippen LogP contribution in [0.15, 0.2) is 23.1 Å². The van der Waals surface area contributed by atoms with Crippen LogP contribution in [0.1, 0.15) is 51.7 Å². The largest absolute Gasteiger partial charge is 0.300 e. The molecule has 0 atom stereocenters. The third kappa shape index (κ3) is 7.54. The Morgan fingerprint density at radius 1 is 1.22 bits per heavy atom. The molecule has 0 radical (unpaired) electrons. The summed E-state index contributed by atoms with van der Waals surface area (Å²) < 4.78 is 0. The van der Waals surface area contributed by atoms with Crippen molar-refractivity contribution in [1.29, 1.82) is 0 Å². The molecule has 1 aromatic rings. The first kappa shape index (κ1) is 17.2. The Bertz CT molecular complexity index is 358. The van der Waals surface area contributed by atoms with Crippen LogP contribution in [0.5, 0.6) is 0 Å². The average Bonchev–Trinajstić information content (AvgIpc) is 2.37. The van der Waals surface area contributed by atoms with Gasteiger partial charge in [0.2, 0.25) is 0 Å². The Morgan fingerprint density at radius 2 is 1.83 bits per heavy atom. The van der Waals surface area contributed by atoms with Crippen molar-refractivity contribution >= 4 is 17.5 Å². The number of hydrogen-bond acceptors (Lipinski definition) is 2. The van der Waals surface area contributed by atoms with E-state index in [-0.39, 0.29) is 5.78 Å². The highest BCUT2D eigenvalue weighted by Crippen LogP contribution is 2.24. The maximum absolute atomic E-state index is 9.81. The fourth-order valence-electron chi connectivity index (χ4n) is 1.34. The highest BCUT2D eigenvalue weighted by atomic mass is 32.2. The third-order valence-corrected chi connectivity index (χ3v) is 3.88. The van der Waals surface area contributed by atoms with Gasteiger partial charge in [-0.25, -0.2) is 0 Å². The predicted octanol–water partition coefficient (Wildman–Crippen LogP) is 5.04. The topological polar surface area (TPSA) is 17.1 Å². The van der Waals surface area contributed by atoms with Crippen LogP contribution >= 0.6 is 11.8 Å². The summed E-state index contributed by atoms with van der Waals surface area (Å²) in [5.41, 5.74) is 2.87. The third-order valence-electron chi connectivity index (χ3n) is 2.56. The Morgan fingerprint density at radius 3 is 2.28 bits per heavy atom. The van der Waals surface area contributed by atoms with Gasteiger partial charge in [0.25, 0.3) is 0 Å². The molecule has 0 aliphatic rings. The molecular formula is C16H26OS. The van der Waals surface area contributed by atoms with Gasteiger partial charge in [-0.05, 0) is 44.1 Å². The van der Waals surface area contributed by atoms with E-state index >= 15 is 0 Å². The first-order chi connectivity index (χ1) is 8.54. The number of ketones is 1. The minimum absolute atomic E-state index is 0.255. The van der Waals surface area contributed by atoms with E-state index in [1.807, 2.05) is 18.7 Å². The number of benzene rings is 1. The molecule has 1 nitrogen and oxygen atoms in total. The Hall–Kier alpha value is -0.760. The van der Waals surface area contributed by atoms with E-state index < -0.39 is 0 Å². The molecule has 0 aliphatic carbocycles. The fraction of sp³-hybridized carbons (Fsp3) is 0.562. The summed E-state index contributed by atoms with van der Waals surface area (Å²) in [6.45, 7) is 10.0. The summed E-state index contributed by atoms with van der Waals surface area (Å²) in [5.74, 6) is 1.49. The lowest BCUT2D eigenvalue weighted by atomic mass is 10.1. The van der Waals surface area contributed by atoms with E-state index in [0.29, 0.717) is 6.42 Å². The SMILES string of the molecule is CCC(C)=O.CCCSc1ccc(C)cc1CC. The Labute approximate surface area is 116 Å². The summed E-state index contributed by atoms with van der Waals surface area (Å²) in [7, 11) is 0. The van der Waals surface area contributed by atoms with Crippen molar-refractivity contribution in [2.24, 2.45) is 0 Å². The average molecular weight is 266 g/mol. The molecule has 102 valence electrons. The molecule has 0 spiro atoms. The molecule has 0 amide bonds. The highest BCUT2D eigenvalue weighted by Gasteiger charge is 2.00. The highest BCUT2D eigenvalue weighted by molar-refractivity contribution is 7.99. The quantitative estimate of drug-likeness (QED) is 0.694. The zero-order valence-corrected chi connectivity index (χ0v) is 13.2. The maximum atomic E-state index is 9.81. The molecule has 18 heavy (non-hydrogen) atoms. The summed E-state index contributed by atoms with van der Waals surface area (Å²) in [5, 5.41) is 0. The normalized spacial score (nSPS) is 9.61. The number of thioether (sulfide) groups is 1. The second-order valence-corrected chi connectivity index (χ2v) is 5.51. The summed E-state index contributed by atoms with van der Waals surface area (Å²) in [4.78, 5) is 11.3. The van der Waals surface area contributed by atoms with E-state index in [0.717, 1.165) is 6.42 Å². The van der Waals surface area contributed by atoms with Crippen molar-refractivity contribution < 1.29 is 4.79 Å². The molecule has 0 aliphatic heterocycles. The van der Waals surface area contributed by atoms with Gasteiger partial charge in [0.05, 0.1) is 0 Å². The Kier molecular flexibility index (Phi) is 9.76. The molecule has 2 heteroatoms. The molecule has 1 rings (SSSR count). The first-order valence-corrected chi connectivity index (χ1v) is 7.75. The predicted molar refractivity (Wildman–Crippen MR) is 82.5 cm³/mol. The van der Waals surface area contributed by atoms with Crippen molar-refractivity contribution in [2.75, 3.05) is 5.75 Å². The molecule has 1 aromatic carbocycles. The fourth-order valence-corrected chi connectivity index (χ4v) is 2.31. The van der Waals surface area contributed by atoms with Gasteiger partial charge in [-0.2, -0.15) is 0 Å². The molecular weight excluding hydrogens is 240 g/mol. The van der Waals surface area contributed by atoms with E-state index in [2.05, 4.69) is 39.0 Å². The Balaban J connectivity index is 0.000000494. The number of aryl methyl sites for hydroxylation is 2. The van der Waals surface area contributed by atoms with Gasteiger partial charge in [-0.15, -0.1) is 11.8 Å². The molecule has 0 saturated carbocycles. The molecule has 0 fully saturated rings. The number of Topliss-reactive ketones (excluding diaryl/α,β-unsaturated/α-hetero) is 1. The van der Waals surface area contributed by atoms with Gasteiger partial charge >= 0.3 is 0 Å². The van der Waals surface area contributed by atoms with Crippen LogP contribution in [0.2, 0.25) is 0 Å². The van der Waals surface area contributed by atoms with Crippen molar-refractivity contribution in [3.05, 3.63) is 29.3 Å². The van der Waals surface area contributed by atoms with Crippen LogP contribution in [0.3, 0.4) is 0 Å². The van der Waals surface area contributed by atoms with Crippen molar-refractivity contribution in [3.63, 3.8) is 0 Å². The lowest BCUT2D eigenvalue weighted by Gasteiger charge is -2.07. The molecule has 0 aromatic heterocycles. The number of rotatable bonds is 5. The molecule has 0 bridgehead atoms. The minimum atomic E-state index is 0.255. The smallest absolute Gasteiger partial charge is 0.129 e. The van der Waals surface area contributed by atoms with Gasteiger partial charge in [0.1, 0.15) is 5.78 Å². The van der Waals surface area contributed by atoms with Gasteiger partial charge in [0.15, 0.2) is 0 Å². The zero-order valence-electron chi connectivity index (χ0n) is 12.4. The first-order valence-electron chi connectivity index (χ1n) is 6.76. The van der Waals surface area contributed by atoms with Crippen LogP contribution < -0.4 is 0 Å². The van der Waals surface area contributed by atoms with E-state index in [1.165, 1.54) is 28.2 Å². The zero-order chi connectivity index (χ0) is 14.0. The molecule has 0 saturated heterocycles. The van der Waals surface area contributed by atoms with Crippen LogP contribution in [0.25, 0.3) is 0 Å². The van der Waals surface area contributed by atoms with Crippen LogP contribution in [0.4, 0.5) is 0 Å². The van der Waals surface area contributed by atoms with Crippen molar-refractivity contribution in [3.8, 4) is 0 Å². The summed E-state index contributed by atoms with van der Waals surface area (Å²) >= 11 is 1.98. The van der Waals surface area contributed by atoms with Crippen molar-refractivity contribution in [1.82, 2.24) is 0 Å². The minimum Gasteiger partial charge on any atom is -0.300 e. The van der Waals surface area contributed by atoms with Gasteiger partial charge in [-0.3, -0.25) is 0 Å². The maximum Gasteiger partial charge on any atom is 0.129 e. The second-order valence-electron chi connectivity index (χ2n) is 4.37. The monoisotopic (exact) mass is 266 g/mol. The van der Waals surface area contributed by atoms with Crippen molar-refractivity contribution in [2.45, 2.75) is 58.8 Å². The van der Waals surface area contributed by atoms with Crippen LogP contribution in [-0.4, -0.2) is 11.5 Å².